The number of hydrogen-bond donors (Lipinski definition) is 2. The molecular weight excluding hydrogens is 602 g/mol. The van der Waals surface area contributed by atoms with Crippen LogP contribution in [-0.2, 0) is 16.1 Å². The largest absolute Gasteiger partial charge is 0.494 e. The molecule has 0 aromatic heterocycles. The molecule has 9 heteroatoms. The van der Waals surface area contributed by atoms with E-state index in [-0.39, 0.29) is 25.5 Å². The van der Waals surface area contributed by atoms with Crippen molar-refractivity contribution >= 4 is 41.1 Å². The van der Waals surface area contributed by atoms with Crippen molar-refractivity contribution in [2.75, 3.05) is 13.2 Å². The third-order valence-corrected chi connectivity index (χ3v) is 7.77. The molecular formula is C35H31Cl2FN2O4. The molecule has 6 nitrogen and oxygen atoms in total. The van der Waals surface area contributed by atoms with E-state index in [4.69, 9.17) is 42.8 Å². The van der Waals surface area contributed by atoms with Gasteiger partial charge in [0.2, 0.25) is 5.90 Å². The molecule has 1 aliphatic rings. The first-order valence-corrected chi connectivity index (χ1v) is 14.9. The second-order valence-electron chi connectivity index (χ2n) is 10.2. The van der Waals surface area contributed by atoms with Crippen LogP contribution in [0, 0.1) is 5.82 Å². The monoisotopic (exact) mass is 632 g/mol. The van der Waals surface area contributed by atoms with Crippen molar-refractivity contribution in [2.24, 2.45) is 4.99 Å². The lowest BCUT2D eigenvalue weighted by atomic mass is 9.84. The van der Waals surface area contributed by atoms with Crippen molar-refractivity contribution in [3.8, 4) is 5.75 Å². The van der Waals surface area contributed by atoms with Gasteiger partial charge in [0.15, 0.2) is 11.6 Å². The maximum atomic E-state index is 14.5. The minimum absolute atomic E-state index is 0.0388. The van der Waals surface area contributed by atoms with Gasteiger partial charge in [0.1, 0.15) is 11.6 Å². The molecule has 1 amide bonds. The number of nitrogens with one attached hydrogen (secondary N) is 1. The number of nitrogens with zero attached hydrogens (tertiary/aromatic N) is 1. The van der Waals surface area contributed by atoms with Crippen molar-refractivity contribution in [3.05, 3.63) is 141 Å². The zero-order chi connectivity index (χ0) is 30.9. The van der Waals surface area contributed by atoms with E-state index >= 15 is 0 Å². The number of rotatable bonds is 12. The smallest absolute Gasteiger partial charge is 0.252 e. The van der Waals surface area contributed by atoms with E-state index in [1.165, 1.54) is 6.07 Å². The highest BCUT2D eigenvalue weighted by Crippen LogP contribution is 2.45. The summed E-state index contributed by atoms with van der Waals surface area (Å²) in [5.41, 5.74) is 0.963. The summed E-state index contributed by atoms with van der Waals surface area (Å²) < 4.78 is 26.6. The van der Waals surface area contributed by atoms with Gasteiger partial charge in [-0.3, -0.25) is 4.79 Å². The van der Waals surface area contributed by atoms with Gasteiger partial charge in [-0.1, -0.05) is 90.0 Å². The molecule has 2 atom stereocenters. The Bertz CT molecular complexity index is 1650. The molecule has 5 rings (SSSR count). The Morgan fingerprint density at radius 1 is 1.02 bits per heavy atom. The van der Waals surface area contributed by atoms with Crippen LogP contribution in [-0.4, -0.2) is 35.7 Å². The lowest BCUT2D eigenvalue weighted by Gasteiger charge is -2.30. The van der Waals surface area contributed by atoms with Crippen LogP contribution in [0.15, 0.2) is 108 Å². The number of benzene rings is 4. The van der Waals surface area contributed by atoms with Crippen molar-refractivity contribution < 1.29 is 23.8 Å². The minimum Gasteiger partial charge on any atom is -0.494 e. The fraction of sp³-hybridized carbons (Fsp3) is 0.200. The number of ether oxygens (including phenoxy) is 2. The summed E-state index contributed by atoms with van der Waals surface area (Å²) in [4.78, 5) is 19.2. The molecule has 2 N–H and O–H groups in total. The molecule has 1 aliphatic heterocycles. The summed E-state index contributed by atoms with van der Waals surface area (Å²) in [6, 6.07) is 28.1. The quantitative estimate of drug-likeness (QED) is 0.158. The van der Waals surface area contributed by atoms with E-state index in [9.17, 15) is 9.18 Å². The highest BCUT2D eigenvalue weighted by molar-refractivity contribution is 6.35. The predicted octanol–water partition coefficient (Wildman–Crippen LogP) is 7.57. The highest BCUT2D eigenvalue weighted by Gasteiger charge is 2.53. The maximum Gasteiger partial charge on any atom is 0.252 e. The predicted molar refractivity (Wildman–Crippen MR) is 172 cm³/mol. The van der Waals surface area contributed by atoms with Gasteiger partial charge in [0, 0.05) is 52.7 Å². The molecule has 4 aromatic rings. The zero-order valence-electron chi connectivity index (χ0n) is 23.8. The fourth-order valence-electron chi connectivity index (χ4n) is 4.92. The Balaban J connectivity index is 1.55. The van der Waals surface area contributed by atoms with Gasteiger partial charge in [-0.2, -0.15) is 0 Å². The normalized spacial score (nSPS) is 17.7. The third-order valence-electron chi connectivity index (χ3n) is 7.21. The van der Waals surface area contributed by atoms with Gasteiger partial charge in [-0.05, 0) is 48.0 Å². The van der Waals surface area contributed by atoms with E-state index in [0.29, 0.717) is 45.5 Å². The number of halogens is 3. The molecule has 44 heavy (non-hydrogen) atoms. The Morgan fingerprint density at radius 2 is 1.77 bits per heavy atom. The van der Waals surface area contributed by atoms with Gasteiger partial charge in [-0.25, -0.2) is 9.38 Å². The van der Waals surface area contributed by atoms with Crippen LogP contribution in [0.3, 0.4) is 0 Å². The van der Waals surface area contributed by atoms with Gasteiger partial charge in [0.25, 0.3) is 5.91 Å². The summed E-state index contributed by atoms with van der Waals surface area (Å²) in [5, 5.41) is 12.7. The second kappa shape index (κ2) is 14.5. The van der Waals surface area contributed by atoms with Crippen LogP contribution in [0.5, 0.6) is 5.75 Å². The second-order valence-corrected chi connectivity index (χ2v) is 11.1. The van der Waals surface area contributed by atoms with Crippen LogP contribution in [0.4, 0.5) is 4.39 Å². The summed E-state index contributed by atoms with van der Waals surface area (Å²) in [5.74, 6) is -0.000393. The van der Waals surface area contributed by atoms with E-state index < -0.39 is 23.4 Å². The molecule has 0 spiro atoms. The SMILES string of the molecule is O=C(NCc1ccccc1F)[C@]1(C/C=C/c2ccccc2)N=C(c2ccc(OCCCO)cc2)O[C@@H]1c1ccc(Cl)cc1Cl. The van der Waals surface area contributed by atoms with E-state index in [1.807, 2.05) is 42.5 Å². The average Bonchev–Trinajstić information content (AvgIpc) is 3.42. The van der Waals surface area contributed by atoms with E-state index in [2.05, 4.69) is 5.32 Å². The van der Waals surface area contributed by atoms with Gasteiger partial charge < -0.3 is 19.9 Å². The Labute approximate surface area is 265 Å². The molecule has 0 saturated carbocycles. The van der Waals surface area contributed by atoms with E-state index in [1.54, 1.807) is 60.7 Å². The number of aliphatic hydroxyl groups excluding tert-OH is 1. The molecule has 4 aromatic carbocycles. The molecule has 0 bridgehead atoms. The number of carbonyl (C=O) groups excluding carboxylic acids is 1. The molecule has 0 fully saturated rings. The molecule has 0 saturated heterocycles. The molecule has 0 radical (unpaired) electrons. The topological polar surface area (TPSA) is 80.2 Å². The van der Waals surface area contributed by atoms with Crippen molar-refractivity contribution in [2.45, 2.75) is 31.0 Å². The van der Waals surface area contributed by atoms with Crippen molar-refractivity contribution in [1.29, 1.82) is 0 Å². The van der Waals surface area contributed by atoms with Crippen molar-refractivity contribution in [3.63, 3.8) is 0 Å². The molecule has 226 valence electrons. The van der Waals surface area contributed by atoms with Gasteiger partial charge in [0.05, 0.1) is 6.61 Å². The summed E-state index contributed by atoms with van der Waals surface area (Å²) in [6.07, 6.45) is 3.54. The summed E-state index contributed by atoms with van der Waals surface area (Å²) in [7, 11) is 0. The number of amides is 1. The number of hydrogen-bond acceptors (Lipinski definition) is 5. The standard InChI is InChI=1S/C35H31Cl2FN2O4/c36-27-15-18-29(30(37)22-27)32-35(19-6-10-24-8-2-1-3-9-24,34(42)39-23-26-11-4-5-12-31(26)38)40-33(44-32)25-13-16-28(17-14-25)43-21-7-20-41/h1-6,8-18,22,32,41H,7,19-21,23H2,(H,39,42)/b10-6+/t32-,35-/m1/s1. The first kappa shape index (κ1) is 31.3. The highest BCUT2D eigenvalue weighted by atomic mass is 35.5. The third kappa shape index (κ3) is 7.30. The van der Waals surface area contributed by atoms with Crippen molar-refractivity contribution in [1.82, 2.24) is 5.32 Å². The van der Waals surface area contributed by atoms with Crippen LogP contribution < -0.4 is 10.1 Å². The lowest BCUT2D eigenvalue weighted by Crippen LogP contribution is -2.48. The van der Waals surface area contributed by atoms with Gasteiger partial charge >= 0.3 is 0 Å². The van der Waals surface area contributed by atoms with Crippen LogP contribution in [0.25, 0.3) is 6.08 Å². The number of carbonyl (C=O) groups is 1. The Kier molecular flexibility index (Phi) is 10.3. The van der Waals surface area contributed by atoms with Crippen LogP contribution >= 0.6 is 23.2 Å². The first-order valence-electron chi connectivity index (χ1n) is 14.2. The Hall–Kier alpha value is -4.17. The zero-order valence-corrected chi connectivity index (χ0v) is 25.3. The van der Waals surface area contributed by atoms with Crippen LogP contribution in [0.2, 0.25) is 10.0 Å². The van der Waals surface area contributed by atoms with E-state index in [0.717, 1.165) is 5.56 Å². The summed E-state index contributed by atoms with van der Waals surface area (Å²) >= 11 is 12.9. The molecule has 1 heterocycles. The lowest BCUT2D eigenvalue weighted by molar-refractivity contribution is -0.129. The van der Waals surface area contributed by atoms with Gasteiger partial charge in [-0.15, -0.1) is 0 Å². The Morgan fingerprint density at radius 3 is 2.50 bits per heavy atom. The molecule has 0 aliphatic carbocycles. The van der Waals surface area contributed by atoms with Crippen LogP contribution in [0.1, 0.15) is 41.2 Å². The fourth-order valence-corrected chi connectivity index (χ4v) is 5.42. The maximum absolute atomic E-state index is 14.5. The number of aliphatic hydroxyl groups is 1. The summed E-state index contributed by atoms with van der Waals surface area (Å²) in [6.45, 7) is 0.377. The molecule has 0 unspecified atom stereocenters. The minimum atomic E-state index is -1.50. The average molecular weight is 634 g/mol. The number of aliphatic imine (C=N–C) groups is 1. The first-order chi connectivity index (χ1) is 21.4.